The van der Waals surface area contributed by atoms with E-state index in [-0.39, 0.29) is 0 Å². The number of nitrogens with zero attached hydrogens (tertiary/aromatic N) is 1. The van der Waals surface area contributed by atoms with Gasteiger partial charge in [-0.1, -0.05) is 11.9 Å². The number of piperidine rings is 1. The second-order valence-electron chi connectivity index (χ2n) is 3.67. The molecule has 3 heteroatoms. The molecular formula is C9H17NOS. The second kappa shape index (κ2) is 3.99. The van der Waals surface area contributed by atoms with Gasteiger partial charge in [-0.3, -0.25) is 4.31 Å². The number of ether oxygens (including phenoxy) is 1. The van der Waals surface area contributed by atoms with Crippen molar-refractivity contribution in [3.63, 3.8) is 0 Å². The van der Waals surface area contributed by atoms with E-state index < -0.39 is 0 Å². The molecule has 0 amide bonds. The van der Waals surface area contributed by atoms with Gasteiger partial charge in [-0.05, 0) is 31.4 Å². The molecule has 2 nitrogen and oxygen atoms in total. The molecule has 2 aliphatic rings. The van der Waals surface area contributed by atoms with Gasteiger partial charge in [0.2, 0.25) is 0 Å². The highest BCUT2D eigenvalue weighted by molar-refractivity contribution is 7.96. The summed E-state index contributed by atoms with van der Waals surface area (Å²) in [4.78, 5) is 0. The van der Waals surface area contributed by atoms with E-state index in [4.69, 9.17) is 4.74 Å². The van der Waals surface area contributed by atoms with Crippen molar-refractivity contribution in [2.75, 3.05) is 26.0 Å². The third-order valence-electron chi connectivity index (χ3n) is 2.94. The lowest BCUT2D eigenvalue weighted by Crippen LogP contribution is -2.43. The molecule has 0 bridgehead atoms. The van der Waals surface area contributed by atoms with Gasteiger partial charge < -0.3 is 4.74 Å². The van der Waals surface area contributed by atoms with Crippen LogP contribution in [0.4, 0.5) is 0 Å². The number of rotatable bonds is 1. The van der Waals surface area contributed by atoms with Crippen LogP contribution in [0, 0.1) is 5.92 Å². The van der Waals surface area contributed by atoms with Crippen LogP contribution in [0.25, 0.3) is 0 Å². The molecule has 0 N–H and O–H groups in total. The normalized spacial score (nSPS) is 37.8. The Bertz CT molecular complexity index is 153. The van der Waals surface area contributed by atoms with Gasteiger partial charge in [0.15, 0.2) is 0 Å². The maximum atomic E-state index is 5.74. The van der Waals surface area contributed by atoms with Gasteiger partial charge in [-0.25, -0.2) is 0 Å². The van der Waals surface area contributed by atoms with E-state index in [0.717, 1.165) is 12.5 Å². The molecule has 0 aromatic heterocycles. The van der Waals surface area contributed by atoms with Crippen molar-refractivity contribution in [2.24, 2.45) is 5.92 Å². The van der Waals surface area contributed by atoms with Crippen molar-refractivity contribution < 1.29 is 4.74 Å². The quantitative estimate of drug-likeness (QED) is 0.580. The monoisotopic (exact) mass is 187 g/mol. The Labute approximate surface area is 78.8 Å². The molecule has 70 valence electrons. The van der Waals surface area contributed by atoms with E-state index >= 15 is 0 Å². The number of hydrogen-bond donors (Lipinski definition) is 0. The minimum atomic E-state index is 0.585. The first-order valence-electron chi connectivity index (χ1n) is 4.81. The first kappa shape index (κ1) is 8.85. The largest absolute Gasteiger partial charge is 0.378 e. The molecule has 0 aliphatic carbocycles. The van der Waals surface area contributed by atoms with E-state index in [1.165, 1.54) is 32.4 Å². The molecule has 2 fully saturated rings. The summed E-state index contributed by atoms with van der Waals surface area (Å²) in [6.45, 7) is 3.45. The van der Waals surface area contributed by atoms with Gasteiger partial charge in [0, 0.05) is 19.7 Å². The van der Waals surface area contributed by atoms with Gasteiger partial charge in [0.05, 0.1) is 6.10 Å². The molecule has 0 spiro atoms. The number of fused-ring (bicyclic) bond motifs is 1. The highest BCUT2D eigenvalue weighted by Crippen LogP contribution is 2.30. The minimum Gasteiger partial charge on any atom is -0.378 e. The van der Waals surface area contributed by atoms with E-state index in [1.54, 1.807) is 0 Å². The highest BCUT2D eigenvalue weighted by atomic mass is 32.2. The average Bonchev–Trinajstić information content (AvgIpc) is 2.17. The van der Waals surface area contributed by atoms with Crippen molar-refractivity contribution in [1.82, 2.24) is 4.31 Å². The summed E-state index contributed by atoms with van der Waals surface area (Å²) in [7, 11) is 0. The number of hydrogen-bond acceptors (Lipinski definition) is 3. The van der Waals surface area contributed by atoms with Crippen molar-refractivity contribution in [1.29, 1.82) is 0 Å². The molecule has 2 unspecified atom stereocenters. The lowest BCUT2D eigenvalue weighted by Gasteiger charge is -2.39. The van der Waals surface area contributed by atoms with Crippen LogP contribution in [0.3, 0.4) is 0 Å². The van der Waals surface area contributed by atoms with E-state index in [1.807, 2.05) is 11.9 Å². The zero-order valence-electron chi connectivity index (χ0n) is 7.66. The summed E-state index contributed by atoms with van der Waals surface area (Å²) in [5.41, 5.74) is 0. The van der Waals surface area contributed by atoms with E-state index in [2.05, 4.69) is 10.6 Å². The van der Waals surface area contributed by atoms with Crippen LogP contribution in [0.2, 0.25) is 0 Å². The smallest absolute Gasteiger partial charge is 0.0628 e. The Kier molecular flexibility index (Phi) is 2.94. The van der Waals surface area contributed by atoms with E-state index in [0.29, 0.717) is 6.10 Å². The molecule has 0 saturated carbocycles. The van der Waals surface area contributed by atoms with Gasteiger partial charge in [0.1, 0.15) is 0 Å². The van der Waals surface area contributed by atoms with Crippen LogP contribution < -0.4 is 0 Å². The lowest BCUT2D eigenvalue weighted by atomic mass is 9.90. The third-order valence-corrected chi connectivity index (χ3v) is 3.78. The molecule has 2 heterocycles. The Hall–Kier alpha value is 0.270. The van der Waals surface area contributed by atoms with Gasteiger partial charge in [-0.15, -0.1) is 0 Å². The zero-order chi connectivity index (χ0) is 8.39. The molecule has 0 radical (unpaired) electrons. The van der Waals surface area contributed by atoms with Crippen molar-refractivity contribution >= 4 is 11.9 Å². The summed E-state index contributed by atoms with van der Waals surface area (Å²) < 4.78 is 8.21. The zero-order valence-corrected chi connectivity index (χ0v) is 8.48. The van der Waals surface area contributed by atoms with Crippen LogP contribution in [0.15, 0.2) is 0 Å². The molecule has 2 rings (SSSR count). The lowest BCUT2D eigenvalue weighted by molar-refractivity contribution is -0.0521. The summed E-state index contributed by atoms with van der Waals surface area (Å²) in [6.07, 6.45) is 6.64. The standard InChI is InChI=1S/C9H17NOS/c1-12-10-5-4-9-8(7-10)3-2-6-11-9/h8-9H,2-7H2,1H3. The first-order chi connectivity index (χ1) is 5.90. The fourth-order valence-electron chi connectivity index (χ4n) is 2.22. The topological polar surface area (TPSA) is 12.5 Å². The maximum absolute atomic E-state index is 5.74. The Morgan fingerprint density at radius 3 is 3.17 bits per heavy atom. The van der Waals surface area contributed by atoms with E-state index in [9.17, 15) is 0 Å². The van der Waals surface area contributed by atoms with Crippen molar-refractivity contribution in [3.8, 4) is 0 Å². The second-order valence-corrected chi connectivity index (χ2v) is 4.55. The van der Waals surface area contributed by atoms with Crippen molar-refractivity contribution in [3.05, 3.63) is 0 Å². The van der Waals surface area contributed by atoms with Crippen molar-refractivity contribution in [2.45, 2.75) is 25.4 Å². The fraction of sp³-hybridized carbons (Fsp3) is 1.00. The highest BCUT2D eigenvalue weighted by Gasteiger charge is 2.31. The Morgan fingerprint density at radius 2 is 2.33 bits per heavy atom. The molecule has 2 aliphatic heterocycles. The van der Waals surface area contributed by atoms with Gasteiger partial charge >= 0.3 is 0 Å². The first-order valence-corrected chi connectivity index (χ1v) is 5.99. The minimum absolute atomic E-state index is 0.585. The Balaban J connectivity index is 1.90. The summed E-state index contributed by atoms with van der Waals surface area (Å²) in [5.74, 6) is 0.819. The van der Waals surface area contributed by atoms with Crippen LogP contribution >= 0.6 is 11.9 Å². The van der Waals surface area contributed by atoms with Gasteiger partial charge in [-0.2, -0.15) is 0 Å². The summed E-state index contributed by atoms with van der Waals surface area (Å²) in [5, 5.41) is 0. The van der Waals surface area contributed by atoms with Crippen LogP contribution in [0.5, 0.6) is 0 Å². The van der Waals surface area contributed by atoms with Gasteiger partial charge in [0.25, 0.3) is 0 Å². The van der Waals surface area contributed by atoms with Crippen LogP contribution in [-0.2, 0) is 4.74 Å². The molecule has 0 aromatic rings. The Morgan fingerprint density at radius 1 is 1.42 bits per heavy atom. The molecule has 2 saturated heterocycles. The molecule has 0 aromatic carbocycles. The average molecular weight is 187 g/mol. The summed E-state index contributed by atoms with van der Waals surface area (Å²) >= 11 is 1.88. The molecule has 12 heavy (non-hydrogen) atoms. The van der Waals surface area contributed by atoms with Crippen LogP contribution in [-0.4, -0.2) is 36.4 Å². The molecule has 2 atom stereocenters. The van der Waals surface area contributed by atoms with Crippen LogP contribution in [0.1, 0.15) is 19.3 Å². The predicted molar refractivity (Wildman–Crippen MR) is 52.2 cm³/mol. The SMILES string of the molecule is CSN1CCC2OCCCC2C1. The predicted octanol–water partition coefficient (Wildman–Crippen LogP) is 1.77. The maximum Gasteiger partial charge on any atom is 0.0628 e. The molecular weight excluding hydrogens is 170 g/mol. The third kappa shape index (κ3) is 1.78. The fourth-order valence-corrected chi connectivity index (χ4v) is 2.85. The summed E-state index contributed by atoms with van der Waals surface area (Å²) in [6, 6.07) is 0.